The average molecular weight is 408 g/mol. The normalized spacial score (nSPS) is 10.5. The minimum Gasteiger partial charge on any atom is -0.483 e. The molecule has 3 aromatic carbocycles. The van der Waals surface area contributed by atoms with Crippen LogP contribution in [-0.2, 0) is 4.79 Å². The molecule has 0 atom stereocenters. The summed E-state index contributed by atoms with van der Waals surface area (Å²) in [7, 11) is 0. The van der Waals surface area contributed by atoms with E-state index in [1.54, 1.807) is 48.5 Å². The van der Waals surface area contributed by atoms with E-state index < -0.39 is 5.91 Å². The van der Waals surface area contributed by atoms with E-state index in [0.29, 0.717) is 22.0 Å². The quantitative estimate of drug-likeness (QED) is 0.456. The van der Waals surface area contributed by atoms with Gasteiger partial charge in [0, 0.05) is 10.7 Å². The van der Waals surface area contributed by atoms with Gasteiger partial charge >= 0.3 is 0 Å². The summed E-state index contributed by atoms with van der Waals surface area (Å²) in [5, 5.41) is 7.22. The number of halogens is 1. The van der Waals surface area contributed by atoms with Gasteiger partial charge in [0.25, 0.3) is 11.8 Å². The summed E-state index contributed by atoms with van der Waals surface area (Å²) in [6.07, 6.45) is 1.53. The standard InChI is InChI=1S/C22H18ClN3O3/c23-17-10-12-18(13-11-17)25-22(28)19-8-4-5-9-20(19)29-15-21(27)26-24-14-16-6-2-1-3-7-16/h1-14H,15H2,(H,25,28)(H,26,27)/b24-14+. The summed E-state index contributed by atoms with van der Waals surface area (Å²) in [5.41, 5.74) is 4.15. The summed E-state index contributed by atoms with van der Waals surface area (Å²) in [5.74, 6) is -0.503. The Morgan fingerprint density at radius 3 is 2.38 bits per heavy atom. The minimum absolute atomic E-state index is 0.280. The van der Waals surface area contributed by atoms with E-state index in [4.69, 9.17) is 16.3 Å². The molecule has 0 heterocycles. The van der Waals surface area contributed by atoms with Crippen molar-refractivity contribution in [2.45, 2.75) is 0 Å². The van der Waals surface area contributed by atoms with Crippen LogP contribution in [0.25, 0.3) is 0 Å². The number of ether oxygens (including phenoxy) is 1. The number of anilines is 1. The molecule has 0 saturated carbocycles. The van der Waals surface area contributed by atoms with E-state index in [9.17, 15) is 9.59 Å². The monoisotopic (exact) mass is 407 g/mol. The molecule has 29 heavy (non-hydrogen) atoms. The molecular formula is C22H18ClN3O3. The SMILES string of the molecule is O=C(COc1ccccc1C(=O)Nc1ccc(Cl)cc1)N/N=C/c1ccccc1. The molecule has 3 rings (SSSR count). The van der Waals surface area contributed by atoms with Crippen molar-refractivity contribution in [2.75, 3.05) is 11.9 Å². The highest BCUT2D eigenvalue weighted by Gasteiger charge is 2.13. The average Bonchev–Trinajstić information content (AvgIpc) is 2.75. The van der Waals surface area contributed by atoms with Gasteiger partial charge in [0.15, 0.2) is 6.61 Å². The third kappa shape index (κ3) is 6.19. The van der Waals surface area contributed by atoms with E-state index in [0.717, 1.165) is 5.56 Å². The Morgan fingerprint density at radius 2 is 1.62 bits per heavy atom. The first-order chi connectivity index (χ1) is 14.1. The number of carbonyl (C=O) groups excluding carboxylic acids is 2. The van der Waals surface area contributed by atoms with Crippen LogP contribution in [0.15, 0.2) is 84.0 Å². The zero-order valence-corrected chi connectivity index (χ0v) is 16.1. The number of carbonyl (C=O) groups is 2. The molecule has 7 heteroatoms. The fourth-order valence-electron chi connectivity index (χ4n) is 2.41. The van der Waals surface area contributed by atoms with E-state index in [1.165, 1.54) is 6.21 Å². The molecule has 0 aliphatic rings. The summed E-state index contributed by atoms with van der Waals surface area (Å²) < 4.78 is 5.51. The van der Waals surface area contributed by atoms with Crippen LogP contribution in [0.5, 0.6) is 5.75 Å². The van der Waals surface area contributed by atoms with Crippen LogP contribution in [0.3, 0.4) is 0 Å². The Balaban J connectivity index is 1.57. The maximum atomic E-state index is 12.5. The number of hydrogen-bond donors (Lipinski definition) is 2. The van der Waals surface area contributed by atoms with Gasteiger partial charge < -0.3 is 10.1 Å². The predicted molar refractivity (Wildman–Crippen MR) is 114 cm³/mol. The molecule has 0 saturated heterocycles. The van der Waals surface area contributed by atoms with E-state index in [1.807, 2.05) is 30.3 Å². The second kappa shape index (κ2) is 10.1. The first-order valence-electron chi connectivity index (χ1n) is 8.77. The lowest BCUT2D eigenvalue weighted by atomic mass is 10.2. The molecule has 0 fully saturated rings. The largest absolute Gasteiger partial charge is 0.483 e. The van der Waals surface area contributed by atoms with Crippen molar-refractivity contribution in [3.63, 3.8) is 0 Å². The van der Waals surface area contributed by atoms with E-state index in [-0.39, 0.29) is 12.5 Å². The number of hydrazone groups is 1. The van der Waals surface area contributed by atoms with Crippen LogP contribution in [0.4, 0.5) is 5.69 Å². The summed E-state index contributed by atoms with van der Waals surface area (Å²) in [4.78, 5) is 24.5. The van der Waals surface area contributed by atoms with Crippen molar-refractivity contribution in [1.82, 2.24) is 5.43 Å². The number of amides is 2. The van der Waals surface area contributed by atoms with E-state index >= 15 is 0 Å². The lowest BCUT2D eigenvalue weighted by Gasteiger charge is -2.11. The lowest BCUT2D eigenvalue weighted by molar-refractivity contribution is -0.123. The van der Waals surface area contributed by atoms with Crippen molar-refractivity contribution in [1.29, 1.82) is 0 Å². The zero-order chi connectivity index (χ0) is 20.5. The number of para-hydroxylation sites is 1. The maximum Gasteiger partial charge on any atom is 0.277 e. The number of nitrogens with one attached hydrogen (secondary N) is 2. The van der Waals surface area contributed by atoms with Gasteiger partial charge in [0.1, 0.15) is 5.75 Å². The molecule has 146 valence electrons. The van der Waals surface area contributed by atoms with Gasteiger partial charge in [-0.05, 0) is 42.0 Å². The highest BCUT2D eigenvalue weighted by molar-refractivity contribution is 6.30. The maximum absolute atomic E-state index is 12.5. The van der Waals surface area contributed by atoms with Crippen LogP contribution in [-0.4, -0.2) is 24.6 Å². The van der Waals surface area contributed by atoms with Gasteiger partial charge in [0.2, 0.25) is 0 Å². The molecule has 0 spiro atoms. The van der Waals surface area contributed by atoms with Crippen LogP contribution < -0.4 is 15.5 Å². The summed E-state index contributed by atoms with van der Waals surface area (Å²) in [6, 6.07) is 22.8. The minimum atomic E-state index is -0.440. The molecule has 3 aromatic rings. The third-order valence-corrected chi connectivity index (χ3v) is 4.05. The van der Waals surface area contributed by atoms with Gasteiger partial charge in [-0.25, -0.2) is 5.43 Å². The Hall–Kier alpha value is -3.64. The van der Waals surface area contributed by atoms with E-state index in [2.05, 4.69) is 15.8 Å². The fraction of sp³-hybridized carbons (Fsp3) is 0.0455. The Labute approximate surface area is 173 Å². The lowest BCUT2D eigenvalue weighted by Crippen LogP contribution is -2.25. The number of benzene rings is 3. The number of hydrogen-bond acceptors (Lipinski definition) is 4. The van der Waals surface area contributed by atoms with Crippen LogP contribution in [0.2, 0.25) is 5.02 Å². The number of nitrogens with zero attached hydrogens (tertiary/aromatic N) is 1. The molecule has 6 nitrogen and oxygen atoms in total. The molecule has 0 aromatic heterocycles. The molecule has 0 radical (unpaired) electrons. The second-order valence-electron chi connectivity index (χ2n) is 5.95. The molecule has 2 amide bonds. The van der Waals surface area contributed by atoms with Crippen LogP contribution in [0, 0.1) is 0 Å². The molecular weight excluding hydrogens is 390 g/mol. The molecule has 0 aliphatic heterocycles. The first-order valence-corrected chi connectivity index (χ1v) is 9.15. The molecule has 0 bridgehead atoms. The third-order valence-electron chi connectivity index (χ3n) is 3.79. The highest BCUT2D eigenvalue weighted by atomic mass is 35.5. The number of rotatable bonds is 7. The Bertz CT molecular complexity index is 1010. The molecule has 2 N–H and O–H groups in total. The van der Waals surface area contributed by atoms with Crippen molar-refractivity contribution >= 4 is 35.3 Å². The molecule has 0 aliphatic carbocycles. The highest BCUT2D eigenvalue weighted by Crippen LogP contribution is 2.20. The van der Waals surface area contributed by atoms with Crippen molar-refractivity contribution in [3.8, 4) is 5.75 Å². The second-order valence-corrected chi connectivity index (χ2v) is 6.39. The Kier molecular flexibility index (Phi) is 6.97. The van der Waals surface area contributed by atoms with Gasteiger partial charge in [0.05, 0.1) is 11.8 Å². The van der Waals surface area contributed by atoms with Crippen LogP contribution >= 0.6 is 11.6 Å². The fourth-order valence-corrected chi connectivity index (χ4v) is 2.53. The predicted octanol–water partition coefficient (Wildman–Crippen LogP) is 4.12. The Morgan fingerprint density at radius 1 is 0.931 bits per heavy atom. The van der Waals surface area contributed by atoms with Gasteiger partial charge in [-0.1, -0.05) is 54.1 Å². The smallest absolute Gasteiger partial charge is 0.277 e. The molecule has 0 unspecified atom stereocenters. The summed E-state index contributed by atoms with van der Waals surface area (Å²) in [6.45, 7) is -0.280. The van der Waals surface area contributed by atoms with Crippen molar-refractivity contribution in [2.24, 2.45) is 5.10 Å². The summed E-state index contributed by atoms with van der Waals surface area (Å²) >= 11 is 5.85. The topological polar surface area (TPSA) is 79.8 Å². The zero-order valence-electron chi connectivity index (χ0n) is 15.3. The van der Waals surface area contributed by atoms with Gasteiger partial charge in [-0.2, -0.15) is 5.10 Å². The van der Waals surface area contributed by atoms with Crippen LogP contribution in [0.1, 0.15) is 15.9 Å². The van der Waals surface area contributed by atoms with Crippen molar-refractivity contribution < 1.29 is 14.3 Å². The van der Waals surface area contributed by atoms with Gasteiger partial charge in [-0.15, -0.1) is 0 Å². The first kappa shape index (κ1) is 20.1. The van der Waals surface area contributed by atoms with Gasteiger partial charge in [-0.3, -0.25) is 9.59 Å². The van der Waals surface area contributed by atoms with Crippen molar-refractivity contribution in [3.05, 3.63) is 95.0 Å².